The zero-order valence-electron chi connectivity index (χ0n) is 11.3. The minimum absolute atomic E-state index is 0.146. The van der Waals surface area contributed by atoms with Gasteiger partial charge in [-0.2, -0.15) is 0 Å². The predicted octanol–water partition coefficient (Wildman–Crippen LogP) is 4.35. The van der Waals surface area contributed by atoms with Crippen LogP contribution in [0.25, 0.3) is 0 Å². The molecule has 3 nitrogen and oxygen atoms in total. The third-order valence-electron chi connectivity index (χ3n) is 3.44. The molecule has 0 saturated heterocycles. The Hall–Kier alpha value is -1.52. The molecule has 21 heavy (non-hydrogen) atoms. The summed E-state index contributed by atoms with van der Waals surface area (Å²) in [5.41, 5.74) is 2.76. The van der Waals surface area contributed by atoms with E-state index in [-0.39, 0.29) is 5.91 Å². The van der Waals surface area contributed by atoms with Crippen LogP contribution in [0.15, 0.2) is 40.9 Å². The Morgan fingerprint density at radius 1 is 1.33 bits per heavy atom. The highest BCUT2D eigenvalue weighted by molar-refractivity contribution is 9.10. The number of fused-ring (bicyclic) bond motifs is 1. The number of rotatable bonds is 2. The van der Waals surface area contributed by atoms with Crippen molar-refractivity contribution in [1.82, 2.24) is 0 Å². The minimum Gasteiger partial charge on any atom is -0.480 e. The molecule has 2 aromatic carbocycles. The highest BCUT2D eigenvalue weighted by Gasteiger charge is 2.29. The minimum atomic E-state index is -0.512. The lowest BCUT2D eigenvalue weighted by atomic mass is 10.1. The molecule has 108 valence electrons. The molecule has 0 unspecified atom stereocenters. The number of benzene rings is 2. The summed E-state index contributed by atoms with van der Waals surface area (Å²) in [5.74, 6) is 0.583. The summed E-state index contributed by atoms with van der Waals surface area (Å²) in [6.45, 7) is 1.95. The number of ether oxygens (including phenoxy) is 1. The van der Waals surface area contributed by atoms with Crippen molar-refractivity contribution in [3.63, 3.8) is 0 Å². The van der Waals surface area contributed by atoms with Gasteiger partial charge in [-0.1, -0.05) is 27.5 Å². The number of hydrogen-bond donors (Lipinski definition) is 1. The summed E-state index contributed by atoms with van der Waals surface area (Å²) in [5, 5.41) is 3.57. The van der Waals surface area contributed by atoms with E-state index in [1.54, 1.807) is 12.1 Å². The second kappa shape index (κ2) is 5.70. The number of halogens is 2. The number of aryl methyl sites for hydroxylation is 1. The molecule has 1 atom stereocenters. The van der Waals surface area contributed by atoms with Crippen LogP contribution in [0.5, 0.6) is 5.75 Å². The molecule has 1 amide bonds. The van der Waals surface area contributed by atoms with Gasteiger partial charge in [0.25, 0.3) is 5.91 Å². The maximum atomic E-state index is 12.3. The van der Waals surface area contributed by atoms with Crippen molar-refractivity contribution in [3.8, 4) is 5.75 Å². The zero-order valence-corrected chi connectivity index (χ0v) is 13.7. The van der Waals surface area contributed by atoms with Crippen molar-refractivity contribution in [2.75, 3.05) is 5.32 Å². The fourth-order valence-corrected chi connectivity index (χ4v) is 3.01. The highest BCUT2D eigenvalue weighted by atomic mass is 79.9. The lowest BCUT2D eigenvalue weighted by molar-refractivity contribution is -0.122. The first-order valence-electron chi connectivity index (χ1n) is 6.55. The molecule has 1 aliphatic rings. The molecule has 1 heterocycles. The lowest BCUT2D eigenvalue weighted by Crippen LogP contribution is -2.31. The molecule has 0 bridgehead atoms. The third kappa shape index (κ3) is 3.06. The fourth-order valence-electron chi connectivity index (χ4n) is 2.34. The van der Waals surface area contributed by atoms with Gasteiger partial charge in [-0.3, -0.25) is 4.79 Å². The van der Waals surface area contributed by atoms with E-state index in [0.29, 0.717) is 11.4 Å². The Kier molecular flexibility index (Phi) is 3.91. The van der Waals surface area contributed by atoms with Crippen LogP contribution in [0.3, 0.4) is 0 Å². The van der Waals surface area contributed by atoms with Gasteiger partial charge in [0.1, 0.15) is 5.75 Å². The molecule has 0 saturated carbocycles. The summed E-state index contributed by atoms with van der Waals surface area (Å²) >= 11 is 9.36. The standard InChI is InChI=1S/C16H13BrClNO2/c1-9-6-11(17)2-4-13(9)19-16(20)15-8-10-7-12(18)3-5-14(10)21-15/h2-7,15H,8H2,1H3,(H,19,20)/t15-/m0/s1. The number of nitrogens with one attached hydrogen (secondary N) is 1. The zero-order chi connectivity index (χ0) is 15.0. The van der Waals surface area contributed by atoms with Gasteiger partial charge in [0, 0.05) is 21.6 Å². The maximum Gasteiger partial charge on any atom is 0.265 e. The third-order valence-corrected chi connectivity index (χ3v) is 4.16. The predicted molar refractivity (Wildman–Crippen MR) is 87.1 cm³/mol. The molecule has 0 spiro atoms. The number of anilines is 1. The number of carbonyl (C=O) groups excluding carboxylic acids is 1. The smallest absolute Gasteiger partial charge is 0.265 e. The molecule has 3 rings (SSSR count). The van der Waals surface area contributed by atoms with Crippen molar-refractivity contribution in [2.45, 2.75) is 19.4 Å². The van der Waals surface area contributed by atoms with E-state index in [9.17, 15) is 4.79 Å². The molecular formula is C16H13BrClNO2. The Balaban J connectivity index is 1.73. The first-order chi connectivity index (χ1) is 10.0. The van der Waals surface area contributed by atoms with Gasteiger partial charge < -0.3 is 10.1 Å². The van der Waals surface area contributed by atoms with E-state index in [1.807, 2.05) is 31.2 Å². The van der Waals surface area contributed by atoms with E-state index < -0.39 is 6.10 Å². The fraction of sp³-hybridized carbons (Fsp3) is 0.188. The van der Waals surface area contributed by atoms with Crippen LogP contribution in [0.1, 0.15) is 11.1 Å². The van der Waals surface area contributed by atoms with Crippen molar-refractivity contribution >= 4 is 39.1 Å². The molecule has 0 fully saturated rings. The Morgan fingerprint density at radius 3 is 2.90 bits per heavy atom. The topological polar surface area (TPSA) is 38.3 Å². The monoisotopic (exact) mass is 365 g/mol. The first kappa shape index (κ1) is 14.4. The Bertz CT molecular complexity index is 717. The summed E-state index contributed by atoms with van der Waals surface area (Å²) in [6.07, 6.45) is 0.0265. The normalized spacial score (nSPS) is 16.2. The Labute approximate surface area is 136 Å². The second-order valence-electron chi connectivity index (χ2n) is 5.01. The molecular weight excluding hydrogens is 354 g/mol. The molecule has 0 aromatic heterocycles. The van der Waals surface area contributed by atoms with Gasteiger partial charge in [0.15, 0.2) is 6.10 Å². The van der Waals surface area contributed by atoms with Crippen LogP contribution in [0.4, 0.5) is 5.69 Å². The quantitative estimate of drug-likeness (QED) is 0.858. The van der Waals surface area contributed by atoms with Crippen LogP contribution < -0.4 is 10.1 Å². The van der Waals surface area contributed by atoms with E-state index >= 15 is 0 Å². The number of amides is 1. The van der Waals surface area contributed by atoms with E-state index in [0.717, 1.165) is 27.0 Å². The average molecular weight is 367 g/mol. The summed E-state index contributed by atoms with van der Waals surface area (Å²) < 4.78 is 6.66. The lowest BCUT2D eigenvalue weighted by Gasteiger charge is -2.13. The van der Waals surface area contributed by atoms with E-state index in [2.05, 4.69) is 21.2 Å². The number of hydrogen-bond acceptors (Lipinski definition) is 2. The Morgan fingerprint density at radius 2 is 2.14 bits per heavy atom. The largest absolute Gasteiger partial charge is 0.480 e. The molecule has 2 aromatic rings. The molecule has 0 aliphatic carbocycles. The van der Waals surface area contributed by atoms with Gasteiger partial charge in [0.05, 0.1) is 0 Å². The summed E-state index contributed by atoms with van der Waals surface area (Å²) in [6, 6.07) is 11.1. The van der Waals surface area contributed by atoms with Crippen LogP contribution in [-0.2, 0) is 11.2 Å². The molecule has 1 N–H and O–H groups in total. The van der Waals surface area contributed by atoms with Crippen LogP contribution in [-0.4, -0.2) is 12.0 Å². The van der Waals surface area contributed by atoms with Crippen molar-refractivity contribution in [3.05, 3.63) is 57.0 Å². The first-order valence-corrected chi connectivity index (χ1v) is 7.72. The van der Waals surface area contributed by atoms with E-state index in [1.165, 1.54) is 0 Å². The van der Waals surface area contributed by atoms with Gasteiger partial charge in [-0.05, 0) is 54.4 Å². The van der Waals surface area contributed by atoms with Gasteiger partial charge in [-0.25, -0.2) is 0 Å². The second-order valence-corrected chi connectivity index (χ2v) is 6.36. The van der Waals surface area contributed by atoms with Gasteiger partial charge in [0.2, 0.25) is 0 Å². The van der Waals surface area contributed by atoms with Crippen molar-refractivity contribution in [1.29, 1.82) is 0 Å². The number of carbonyl (C=O) groups is 1. The van der Waals surface area contributed by atoms with Crippen molar-refractivity contribution in [2.24, 2.45) is 0 Å². The SMILES string of the molecule is Cc1cc(Br)ccc1NC(=O)[C@@H]1Cc2cc(Cl)ccc2O1. The van der Waals surface area contributed by atoms with Crippen molar-refractivity contribution < 1.29 is 9.53 Å². The molecule has 0 radical (unpaired) electrons. The average Bonchev–Trinajstić information content (AvgIpc) is 2.85. The van der Waals surface area contributed by atoms with Gasteiger partial charge in [-0.15, -0.1) is 0 Å². The van der Waals surface area contributed by atoms with Crippen LogP contribution in [0, 0.1) is 6.92 Å². The molecule has 5 heteroatoms. The molecule has 1 aliphatic heterocycles. The van der Waals surface area contributed by atoms with Crippen LogP contribution in [0.2, 0.25) is 5.02 Å². The maximum absolute atomic E-state index is 12.3. The summed E-state index contributed by atoms with van der Waals surface area (Å²) in [4.78, 5) is 12.3. The van der Waals surface area contributed by atoms with Gasteiger partial charge >= 0.3 is 0 Å². The van der Waals surface area contributed by atoms with Crippen LogP contribution >= 0.6 is 27.5 Å². The van der Waals surface area contributed by atoms with E-state index in [4.69, 9.17) is 16.3 Å². The summed E-state index contributed by atoms with van der Waals surface area (Å²) in [7, 11) is 0. The highest BCUT2D eigenvalue weighted by Crippen LogP contribution is 2.31.